The van der Waals surface area contributed by atoms with Crippen LogP contribution in [0, 0.1) is 5.92 Å². The summed E-state index contributed by atoms with van der Waals surface area (Å²) >= 11 is 0. The van der Waals surface area contributed by atoms with Crippen LogP contribution in [0.3, 0.4) is 0 Å². The Morgan fingerprint density at radius 3 is 2.76 bits per heavy atom. The van der Waals surface area contributed by atoms with E-state index in [1.165, 1.54) is 17.5 Å². The van der Waals surface area contributed by atoms with Crippen molar-refractivity contribution in [3.63, 3.8) is 0 Å². The number of nitrogens with zero attached hydrogens (tertiary/aromatic N) is 1. The van der Waals surface area contributed by atoms with Crippen molar-refractivity contribution in [3.05, 3.63) is 35.4 Å². The first-order valence-electron chi connectivity index (χ1n) is 6.44. The zero-order chi connectivity index (χ0) is 12.3. The molecule has 1 atom stereocenters. The van der Waals surface area contributed by atoms with E-state index in [9.17, 15) is 0 Å². The molecule has 1 aromatic rings. The zero-order valence-corrected chi connectivity index (χ0v) is 10.9. The summed E-state index contributed by atoms with van der Waals surface area (Å²) in [6.45, 7) is 6.56. The van der Waals surface area contributed by atoms with Crippen molar-refractivity contribution < 1.29 is 4.84 Å². The van der Waals surface area contributed by atoms with Gasteiger partial charge in [-0.3, -0.25) is 0 Å². The topological polar surface area (TPSA) is 21.6 Å². The van der Waals surface area contributed by atoms with Gasteiger partial charge in [-0.2, -0.15) is 0 Å². The smallest absolute Gasteiger partial charge is 0.158 e. The van der Waals surface area contributed by atoms with E-state index in [0.717, 1.165) is 24.5 Å². The van der Waals surface area contributed by atoms with Gasteiger partial charge in [0, 0.05) is 6.42 Å². The van der Waals surface area contributed by atoms with Gasteiger partial charge < -0.3 is 4.84 Å². The van der Waals surface area contributed by atoms with E-state index in [0.29, 0.717) is 0 Å². The SMILES string of the molecule is CC1=NOC(c2ccccc2CCC(C)C)C1. The fraction of sp³-hybridized carbons (Fsp3) is 0.533. The maximum atomic E-state index is 5.49. The zero-order valence-electron chi connectivity index (χ0n) is 10.9. The average Bonchev–Trinajstić information content (AvgIpc) is 2.73. The van der Waals surface area contributed by atoms with Gasteiger partial charge in [0.1, 0.15) is 0 Å². The van der Waals surface area contributed by atoms with Gasteiger partial charge in [0.15, 0.2) is 6.10 Å². The Bertz CT molecular complexity index is 409. The van der Waals surface area contributed by atoms with Crippen molar-refractivity contribution in [2.24, 2.45) is 11.1 Å². The number of oxime groups is 1. The van der Waals surface area contributed by atoms with Crippen molar-refractivity contribution >= 4 is 5.71 Å². The summed E-state index contributed by atoms with van der Waals surface area (Å²) in [5.41, 5.74) is 3.82. The van der Waals surface area contributed by atoms with Gasteiger partial charge in [-0.25, -0.2) is 0 Å². The van der Waals surface area contributed by atoms with Gasteiger partial charge in [0.25, 0.3) is 0 Å². The van der Waals surface area contributed by atoms with Gasteiger partial charge in [0.05, 0.1) is 5.71 Å². The maximum absolute atomic E-state index is 5.49. The van der Waals surface area contributed by atoms with E-state index in [1.807, 2.05) is 6.92 Å². The molecule has 0 amide bonds. The Hall–Kier alpha value is -1.31. The predicted octanol–water partition coefficient (Wildman–Crippen LogP) is 4.11. The summed E-state index contributed by atoms with van der Waals surface area (Å²) in [5, 5.41) is 4.05. The lowest BCUT2D eigenvalue weighted by Crippen LogP contribution is -2.03. The minimum absolute atomic E-state index is 0.137. The molecule has 2 nitrogen and oxygen atoms in total. The van der Waals surface area contributed by atoms with Crippen LogP contribution < -0.4 is 0 Å². The second-order valence-corrected chi connectivity index (χ2v) is 5.26. The minimum atomic E-state index is 0.137. The molecule has 0 radical (unpaired) electrons. The fourth-order valence-corrected chi connectivity index (χ4v) is 2.18. The molecule has 2 rings (SSSR count). The van der Waals surface area contributed by atoms with E-state index in [-0.39, 0.29) is 6.10 Å². The third-order valence-corrected chi connectivity index (χ3v) is 3.21. The third kappa shape index (κ3) is 3.09. The monoisotopic (exact) mass is 231 g/mol. The lowest BCUT2D eigenvalue weighted by atomic mass is 9.94. The third-order valence-electron chi connectivity index (χ3n) is 3.21. The first-order chi connectivity index (χ1) is 8.16. The summed E-state index contributed by atoms with van der Waals surface area (Å²) in [6.07, 6.45) is 3.42. The van der Waals surface area contributed by atoms with E-state index >= 15 is 0 Å². The molecule has 0 aliphatic carbocycles. The highest BCUT2D eigenvalue weighted by molar-refractivity contribution is 5.83. The molecular formula is C15H21NO. The van der Waals surface area contributed by atoms with Gasteiger partial charge in [-0.15, -0.1) is 0 Å². The van der Waals surface area contributed by atoms with Crippen molar-refractivity contribution in [2.75, 3.05) is 0 Å². The van der Waals surface area contributed by atoms with Crippen LogP contribution in [0.4, 0.5) is 0 Å². The van der Waals surface area contributed by atoms with Gasteiger partial charge in [0.2, 0.25) is 0 Å². The molecule has 1 heterocycles. The van der Waals surface area contributed by atoms with Crippen LogP contribution in [-0.2, 0) is 11.3 Å². The molecular weight excluding hydrogens is 210 g/mol. The number of hydrogen-bond donors (Lipinski definition) is 0. The van der Waals surface area contributed by atoms with Crippen LogP contribution in [0.2, 0.25) is 0 Å². The first-order valence-corrected chi connectivity index (χ1v) is 6.44. The van der Waals surface area contributed by atoms with Gasteiger partial charge in [-0.05, 0) is 36.8 Å². The number of rotatable bonds is 4. The van der Waals surface area contributed by atoms with Crippen molar-refractivity contribution in [1.82, 2.24) is 0 Å². The number of benzene rings is 1. The molecule has 0 N–H and O–H groups in total. The summed E-state index contributed by atoms with van der Waals surface area (Å²) in [7, 11) is 0. The van der Waals surface area contributed by atoms with Crippen molar-refractivity contribution in [2.45, 2.75) is 46.1 Å². The molecule has 1 aromatic carbocycles. The lowest BCUT2D eigenvalue weighted by molar-refractivity contribution is 0.0850. The van der Waals surface area contributed by atoms with E-state index < -0.39 is 0 Å². The van der Waals surface area contributed by atoms with Crippen molar-refractivity contribution in [1.29, 1.82) is 0 Å². The molecule has 0 bridgehead atoms. The van der Waals surface area contributed by atoms with Crippen LogP contribution >= 0.6 is 0 Å². The van der Waals surface area contributed by atoms with Crippen LogP contribution in [-0.4, -0.2) is 5.71 Å². The second kappa shape index (κ2) is 5.35. The lowest BCUT2D eigenvalue weighted by Gasteiger charge is -2.14. The normalized spacial score (nSPS) is 19.3. The summed E-state index contributed by atoms with van der Waals surface area (Å²) in [6, 6.07) is 8.59. The number of hydrogen-bond acceptors (Lipinski definition) is 2. The summed E-state index contributed by atoms with van der Waals surface area (Å²) < 4.78 is 0. The summed E-state index contributed by atoms with van der Waals surface area (Å²) in [4.78, 5) is 5.49. The van der Waals surface area contributed by atoms with Crippen LogP contribution in [0.5, 0.6) is 0 Å². The Labute approximate surface area is 104 Å². The highest BCUT2D eigenvalue weighted by Crippen LogP contribution is 2.30. The van der Waals surface area contributed by atoms with Gasteiger partial charge in [-0.1, -0.05) is 43.3 Å². The maximum Gasteiger partial charge on any atom is 0.158 e. The molecule has 1 aliphatic rings. The largest absolute Gasteiger partial charge is 0.387 e. The van der Waals surface area contributed by atoms with Crippen LogP contribution in [0.25, 0.3) is 0 Å². The molecule has 17 heavy (non-hydrogen) atoms. The standard InChI is InChI=1S/C15H21NO/c1-11(2)8-9-13-6-4-5-7-14(13)15-10-12(3)16-17-15/h4-7,11,15H,8-10H2,1-3H3. The fourth-order valence-electron chi connectivity index (χ4n) is 2.18. The van der Waals surface area contributed by atoms with E-state index in [1.54, 1.807) is 0 Å². The minimum Gasteiger partial charge on any atom is -0.387 e. The number of aryl methyl sites for hydroxylation is 1. The Balaban J connectivity index is 2.11. The molecule has 92 valence electrons. The Morgan fingerprint density at radius 2 is 2.12 bits per heavy atom. The molecule has 0 fully saturated rings. The molecule has 2 heteroatoms. The highest BCUT2D eigenvalue weighted by Gasteiger charge is 2.22. The van der Waals surface area contributed by atoms with E-state index in [4.69, 9.17) is 4.84 Å². The average molecular weight is 231 g/mol. The molecule has 0 spiro atoms. The Morgan fingerprint density at radius 1 is 1.35 bits per heavy atom. The molecule has 1 unspecified atom stereocenters. The summed E-state index contributed by atoms with van der Waals surface area (Å²) in [5.74, 6) is 0.741. The highest BCUT2D eigenvalue weighted by atomic mass is 16.6. The van der Waals surface area contributed by atoms with Crippen LogP contribution in [0.1, 0.15) is 50.8 Å². The van der Waals surface area contributed by atoms with Gasteiger partial charge >= 0.3 is 0 Å². The van der Waals surface area contributed by atoms with Crippen molar-refractivity contribution in [3.8, 4) is 0 Å². The second-order valence-electron chi connectivity index (χ2n) is 5.26. The molecule has 0 aromatic heterocycles. The molecule has 0 saturated heterocycles. The van der Waals surface area contributed by atoms with Crippen LogP contribution in [0.15, 0.2) is 29.4 Å². The first kappa shape index (κ1) is 12.2. The molecule has 0 saturated carbocycles. The predicted molar refractivity (Wildman–Crippen MR) is 71.2 cm³/mol. The molecule has 1 aliphatic heterocycles. The quantitative estimate of drug-likeness (QED) is 0.764. The Kier molecular flexibility index (Phi) is 3.82. The van der Waals surface area contributed by atoms with E-state index in [2.05, 4.69) is 43.3 Å².